The highest BCUT2D eigenvalue weighted by atomic mass is 79.9. The number of carbonyl (C=O) groups is 1. The summed E-state index contributed by atoms with van der Waals surface area (Å²) < 4.78 is 0.871. The van der Waals surface area contributed by atoms with E-state index in [0.717, 1.165) is 23.0 Å². The second-order valence-electron chi connectivity index (χ2n) is 4.78. The Balaban J connectivity index is 1.77. The molecule has 0 radical (unpaired) electrons. The average Bonchev–Trinajstić information content (AvgIpc) is 2.50. The molecule has 0 atom stereocenters. The van der Waals surface area contributed by atoms with Crippen molar-refractivity contribution in [1.29, 1.82) is 0 Å². The van der Waals surface area contributed by atoms with Gasteiger partial charge in [-0.1, -0.05) is 43.3 Å². The van der Waals surface area contributed by atoms with Crippen LogP contribution in [0.1, 0.15) is 18.1 Å². The zero-order valence-corrected chi connectivity index (χ0v) is 13.6. The Kier molecular flexibility index (Phi) is 5.81. The molecule has 0 saturated carbocycles. The lowest BCUT2D eigenvalue weighted by atomic mass is 10.1. The maximum absolute atomic E-state index is 11.8. The number of carbonyl (C=O) groups excluding carboxylic acids is 1. The number of urea groups is 1. The molecule has 0 spiro atoms. The maximum Gasteiger partial charge on any atom is 0.319 e. The molecule has 4 heteroatoms. The molecule has 0 aliphatic heterocycles. The Morgan fingerprint density at radius 2 is 1.71 bits per heavy atom. The minimum atomic E-state index is -0.188. The van der Waals surface area contributed by atoms with E-state index in [0.29, 0.717) is 6.54 Å². The van der Waals surface area contributed by atoms with Crippen molar-refractivity contribution in [3.8, 4) is 0 Å². The van der Waals surface area contributed by atoms with E-state index in [-0.39, 0.29) is 6.03 Å². The van der Waals surface area contributed by atoms with Crippen molar-refractivity contribution in [2.45, 2.75) is 19.8 Å². The number of hydrogen-bond acceptors (Lipinski definition) is 1. The minimum Gasteiger partial charge on any atom is -0.338 e. The van der Waals surface area contributed by atoms with Crippen molar-refractivity contribution < 1.29 is 4.79 Å². The van der Waals surface area contributed by atoms with Gasteiger partial charge in [0.15, 0.2) is 0 Å². The molecule has 110 valence electrons. The number of halogens is 1. The Morgan fingerprint density at radius 3 is 2.38 bits per heavy atom. The van der Waals surface area contributed by atoms with Crippen LogP contribution >= 0.6 is 15.9 Å². The van der Waals surface area contributed by atoms with Gasteiger partial charge in [-0.3, -0.25) is 0 Å². The molecule has 21 heavy (non-hydrogen) atoms. The van der Waals surface area contributed by atoms with Gasteiger partial charge in [0.05, 0.1) is 5.69 Å². The molecule has 0 aliphatic carbocycles. The molecule has 2 aromatic rings. The van der Waals surface area contributed by atoms with Crippen LogP contribution in [-0.2, 0) is 12.8 Å². The van der Waals surface area contributed by atoms with Gasteiger partial charge in [0.2, 0.25) is 0 Å². The first-order valence-corrected chi connectivity index (χ1v) is 7.85. The fraction of sp³-hybridized carbons (Fsp3) is 0.235. The van der Waals surface area contributed by atoms with E-state index in [1.54, 1.807) is 0 Å². The Hall–Kier alpha value is -1.81. The zero-order chi connectivity index (χ0) is 15.1. The zero-order valence-electron chi connectivity index (χ0n) is 12.0. The third-order valence-electron chi connectivity index (χ3n) is 3.25. The number of amides is 2. The summed E-state index contributed by atoms with van der Waals surface area (Å²) in [6.07, 6.45) is 1.88. The van der Waals surface area contributed by atoms with Crippen molar-refractivity contribution in [3.05, 3.63) is 64.1 Å². The van der Waals surface area contributed by atoms with Gasteiger partial charge in [0.1, 0.15) is 0 Å². The number of anilines is 1. The highest BCUT2D eigenvalue weighted by molar-refractivity contribution is 9.10. The molecule has 0 aliphatic rings. The fourth-order valence-corrected chi connectivity index (χ4v) is 2.37. The monoisotopic (exact) mass is 346 g/mol. The topological polar surface area (TPSA) is 41.1 Å². The van der Waals surface area contributed by atoms with Crippen molar-refractivity contribution in [2.75, 3.05) is 11.9 Å². The van der Waals surface area contributed by atoms with Crippen LogP contribution < -0.4 is 10.6 Å². The molecule has 0 bridgehead atoms. The lowest BCUT2D eigenvalue weighted by Gasteiger charge is -2.09. The molecule has 0 unspecified atom stereocenters. The quantitative estimate of drug-likeness (QED) is 0.828. The first-order chi connectivity index (χ1) is 10.2. The van der Waals surface area contributed by atoms with E-state index in [1.807, 2.05) is 24.3 Å². The van der Waals surface area contributed by atoms with Crippen LogP contribution in [0.4, 0.5) is 10.5 Å². The number of rotatable bonds is 5. The highest BCUT2D eigenvalue weighted by Gasteiger charge is 2.03. The summed E-state index contributed by atoms with van der Waals surface area (Å²) in [5.74, 6) is 0. The molecular weight excluding hydrogens is 328 g/mol. The first-order valence-electron chi connectivity index (χ1n) is 7.06. The fourth-order valence-electron chi connectivity index (χ4n) is 1.99. The Labute approximate surface area is 133 Å². The van der Waals surface area contributed by atoms with Gasteiger partial charge in [-0.15, -0.1) is 0 Å². The summed E-state index contributed by atoms with van der Waals surface area (Å²) in [7, 11) is 0. The van der Waals surface area contributed by atoms with Crippen LogP contribution in [0, 0.1) is 0 Å². The van der Waals surface area contributed by atoms with E-state index >= 15 is 0 Å². The highest BCUT2D eigenvalue weighted by Crippen LogP contribution is 2.20. The number of hydrogen-bond donors (Lipinski definition) is 2. The third-order valence-corrected chi connectivity index (χ3v) is 3.94. The predicted molar refractivity (Wildman–Crippen MR) is 90.7 cm³/mol. The summed E-state index contributed by atoms with van der Waals surface area (Å²) in [5.41, 5.74) is 3.33. The van der Waals surface area contributed by atoms with Crippen molar-refractivity contribution in [3.63, 3.8) is 0 Å². The normalized spacial score (nSPS) is 10.2. The molecule has 2 aromatic carbocycles. The average molecular weight is 347 g/mol. The van der Waals surface area contributed by atoms with Gasteiger partial charge in [0.25, 0.3) is 0 Å². The van der Waals surface area contributed by atoms with Crippen molar-refractivity contribution in [1.82, 2.24) is 5.32 Å². The van der Waals surface area contributed by atoms with Gasteiger partial charge in [-0.2, -0.15) is 0 Å². The number of benzene rings is 2. The lowest BCUT2D eigenvalue weighted by Crippen LogP contribution is -2.30. The summed E-state index contributed by atoms with van der Waals surface area (Å²) in [6.45, 7) is 2.75. The molecule has 0 aromatic heterocycles. The summed E-state index contributed by atoms with van der Waals surface area (Å²) in [5, 5.41) is 5.68. The molecular formula is C17H19BrN2O. The minimum absolute atomic E-state index is 0.188. The van der Waals surface area contributed by atoms with Crippen LogP contribution in [0.2, 0.25) is 0 Å². The second-order valence-corrected chi connectivity index (χ2v) is 5.64. The molecule has 0 saturated heterocycles. The summed E-state index contributed by atoms with van der Waals surface area (Å²) in [6, 6.07) is 15.9. The molecule has 2 amide bonds. The SMILES string of the molecule is CCc1ccc(CCNC(=O)Nc2ccccc2Br)cc1. The smallest absolute Gasteiger partial charge is 0.319 e. The molecule has 2 rings (SSSR count). The van der Waals surface area contributed by atoms with Crippen molar-refractivity contribution >= 4 is 27.6 Å². The lowest BCUT2D eigenvalue weighted by molar-refractivity contribution is 0.252. The van der Waals surface area contributed by atoms with Crippen LogP contribution in [-0.4, -0.2) is 12.6 Å². The predicted octanol–water partition coefficient (Wildman–Crippen LogP) is 4.38. The first kappa shape index (κ1) is 15.6. The number of nitrogens with one attached hydrogen (secondary N) is 2. The van der Waals surface area contributed by atoms with E-state index in [1.165, 1.54) is 11.1 Å². The van der Waals surface area contributed by atoms with Crippen LogP contribution in [0.15, 0.2) is 53.0 Å². The summed E-state index contributed by atoms with van der Waals surface area (Å²) in [4.78, 5) is 11.8. The van der Waals surface area contributed by atoms with Crippen LogP contribution in [0.5, 0.6) is 0 Å². The van der Waals surface area contributed by atoms with Crippen LogP contribution in [0.25, 0.3) is 0 Å². The van der Waals surface area contributed by atoms with Crippen molar-refractivity contribution in [2.24, 2.45) is 0 Å². The summed E-state index contributed by atoms with van der Waals surface area (Å²) >= 11 is 3.40. The number of para-hydroxylation sites is 1. The largest absolute Gasteiger partial charge is 0.338 e. The number of aryl methyl sites for hydroxylation is 1. The van der Waals surface area contributed by atoms with Gasteiger partial charge in [0, 0.05) is 11.0 Å². The maximum atomic E-state index is 11.8. The Bertz CT molecular complexity index is 596. The molecule has 3 nitrogen and oxygen atoms in total. The molecule has 0 fully saturated rings. The van der Waals surface area contributed by atoms with Gasteiger partial charge >= 0.3 is 6.03 Å². The van der Waals surface area contributed by atoms with Gasteiger partial charge < -0.3 is 10.6 Å². The van der Waals surface area contributed by atoms with Gasteiger partial charge in [-0.25, -0.2) is 4.79 Å². The van der Waals surface area contributed by atoms with E-state index in [9.17, 15) is 4.79 Å². The van der Waals surface area contributed by atoms with E-state index in [4.69, 9.17) is 0 Å². The second kappa shape index (κ2) is 7.84. The van der Waals surface area contributed by atoms with Gasteiger partial charge in [-0.05, 0) is 52.0 Å². The van der Waals surface area contributed by atoms with Crippen LogP contribution in [0.3, 0.4) is 0 Å². The Morgan fingerprint density at radius 1 is 1.05 bits per heavy atom. The third kappa shape index (κ3) is 4.90. The standard InChI is InChI=1S/C17H19BrN2O/c1-2-13-7-9-14(10-8-13)11-12-19-17(21)20-16-6-4-3-5-15(16)18/h3-10H,2,11-12H2,1H3,(H2,19,20,21). The van der Waals surface area contributed by atoms with E-state index in [2.05, 4.69) is 57.8 Å². The molecule has 2 N–H and O–H groups in total. The van der Waals surface area contributed by atoms with E-state index < -0.39 is 0 Å². The molecule has 0 heterocycles.